The molecule has 0 unspecified atom stereocenters. The van der Waals surface area contributed by atoms with Gasteiger partial charge in [0.25, 0.3) is 0 Å². The maximum Gasteiger partial charge on any atom is 0.205 e. The van der Waals surface area contributed by atoms with E-state index in [1.165, 1.54) is 5.56 Å². The summed E-state index contributed by atoms with van der Waals surface area (Å²) in [6.07, 6.45) is 0. The number of nitrogens with zero attached hydrogens (tertiary/aromatic N) is 6. The second-order valence-corrected chi connectivity index (χ2v) is 8.83. The zero-order valence-electron chi connectivity index (χ0n) is 18.1. The Balaban J connectivity index is 1.64. The third kappa shape index (κ3) is 4.01. The third-order valence-electron chi connectivity index (χ3n) is 4.99. The molecule has 0 aliphatic heterocycles. The van der Waals surface area contributed by atoms with Gasteiger partial charge in [-0.05, 0) is 21.9 Å². The second kappa shape index (κ2) is 7.82. The quantitative estimate of drug-likeness (QED) is 0.528. The number of aromatic amines is 1. The van der Waals surface area contributed by atoms with Gasteiger partial charge in [0.2, 0.25) is 5.82 Å². The van der Waals surface area contributed by atoms with Crippen LogP contribution >= 0.6 is 0 Å². The largest absolute Gasteiger partial charge is 0.245 e. The summed E-state index contributed by atoms with van der Waals surface area (Å²) in [4.78, 5) is 4.81. The fraction of sp³-hybridized carbons (Fsp3) is 0.348. The van der Waals surface area contributed by atoms with E-state index in [1.807, 2.05) is 22.9 Å². The number of tetrazole rings is 1. The maximum absolute atomic E-state index is 4.81. The molecule has 0 aliphatic rings. The maximum atomic E-state index is 4.81. The van der Waals surface area contributed by atoms with E-state index in [0.717, 1.165) is 28.3 Å². The Kier molecular flexibility index (Phi) is 5.20. The molecule has 154 valence electrons. The number of H-pyrrole nitrogens is 1. The van der Waals surface area contributed by atoms with Crippen LogP contribution in [0.2, 0.25) is 0 Å². The highest BCUT2D eigenvalue weighted by Crippen LogP contribution is 2.30. The monoisotopic (exact) mass is 401 g/mol. The van der Waals surface area contributed by atoms with Gasteiger partial charge in [0.05, 0.1) is 6.54 Å². The first-order valence-corrected chi connectivity index (χ1v) is 10.2. The van der Waals surface area contributed by atoms with E-state index in [1.54, 1.807) is 0 Å². The van der Waals surface area contributed by atoms with Crippen molar-refractivity contribution >= 4 is 0 Å². The summed E-state index contributed by atoms with van der Waals surface area (Å²) in [7, 11) is 0. The summed E-state index contributed by atoms with van der Waals surface area (Å²) < 4.78 is 2.04. The summed E-state index contributed by atoms with van der Waals surface area (Å²) in [6, 6.07) is 16.6. The first-order chi connectivity index (χ1) is 14.3. The SMILES string of the molecule is CC(C)c1nc(C(C)(C)C)n(Cc2ccc(-c3ccccc3-c3nn[nH]n3)cc2)n1. The minimum atomic E-state index is -0.0659. The Morgan fingerprint density at radius 3 is 2.27 bits per heavy atom. The summed E-state index contributed by atoms with van der Waals surface area (Å²) >= 11 is 0. The van der Waals surface area contributed by atoms with Crippen molar-refractivity contribution in [2.24, 2.45) is 0 Å². The molecule has 4 aromatic rings. The molecule has 0 spiro atoms. The van der Waals surface area contributed by atoms with Crippen LogP contribution in [0.4, 0.5) is 0 Å². The number of nitrogens with one attached hydrogen (secondary N) is 1. The predicted octanol–water partition coefficient (Wildman–Crippen LogP) is 4.59. The number of hydrogen-bond acceptors (Lipinski definition) is 5. The topological polar surface area (TPSA) is 85.2 Å². The van der Waals surface area contributed by atoms with Gasteiger partial charge in [-0.25, -0.2) is 9.67 Å². The average Bonchev–Trinajstić information content (AvgIpc) is 3.38. The fourth-order valence-corrected chi connectivity index (χ4v) is 3.44. The van der Waals surface area contributed by atoms with E-state index in [-0.39, 0.29) is 5.41 Å². The molecule has 0 atom stereocenters. The van der Waals surface area contributed by atoms with Crippen LogP contribution in [0.1, 0.15) is 57.7 Å². The molecule has 0 saturated carbocycles. The fourth-order valence-electron chi connectivity index (χ4n) is 3.44. The van der Waals surface area contributed by atoms with Gasteiger partial charge in [0.1, 0.15) is 5.82 Å². The smallest absolute Gasteiger partial charge is 0.205 e. The van der Waals surface area contributed by atoms with E-state index < -0.39 is 0 Å². The zero-order valence-corrected chi connectivity index (χ0v) is 18.1. The highest BCUT2D eigenvalue weighted by Gasteiger charge is 2.24. The Labute approximate surface area is 176 Å². The van der Waals surface area contributed by atoms with Crippen molar-refractivity contribution < 1.29 is 0 Å². The number of benzene rings is 2. The standard InChI is InChI=1S/C23H27N7/c1-15(2)20-24-22(23(3,4)5)30(27-20)14-16-10-12-17(13-11-16)18-8-6-7-9-19(18)21-25-28-29-26-21/h6-13,15H,14H2,1-5H3,(H,25,26,28,29). The minimum absolute atomic E-state index is 0.0659. The van der Waals surface area contributed by atoms with Gasteiger partial charge < -0.3 is 0 Å². The van der Waals surface area contributed by atoms with Crippen molar-refractivity contribution in [2.45, 2.75) is 52.5 Å². The van der Waals surface area contributed by atoms with Crippen LogP contribution in [0.25, 0.3) is 22.5 Å². The molecule has 0 saturated heterocycles. The van der Waals surface area contributed by atoms with E-state index in [2.05, 4.69) is 85.6 Å². The number of rotatable bonds is 5. The molecular weight excluding hydrogens is 374 g/mol. The van der Waals surface area contributed by atoms with Crippen LogP contribution in [0.5, 0.6) is 0 Å². The Morgan fingerprint density at radius 1 is 0.967 bits per heavy atom. The van der Waals surface area contributed by atoms with Gasteiger partial charge in [-0.3, -0.25) is 0 Å². The molecule has 7 nitrogen and oxygen atoms in total. The number of aromatic nitrogens is 7. The highest BCUT2D eigenvalue weighted by molar-refractivity contribution is 5.80. The van der Waals surface area contributed by atoms with Crippen molar-refractivity contribution in [2.75, 3.05) is 0 Å². The molecule has 0 aliphatic carbocycles. The lowest BCUT2D eigenvalue weighted by molar-refractivity contribution is 0.490. The molecule has 4 rings (SSSR count). The van der Waals surface area contributed by atoms with Crippen LogP contribution in [0, 0.1) is 0 Å². The Hall–Kier alpha value is -3.35. The van der Waals surface area contributed by atoms with E-state index in [4.69, 9.17) is 10.1 Å². The predicted molar refractivity (Wildman–Crippen MR) is 117 cm³/mol. The van der Waals surface area contributed by atoms with Gasteiger partial charge in [0, 0.05) is 16.9 Å². The molecular formula is C23H27N7. The van der Waals surface area contributed by atoms with Gasteiger partial charge >= 0.3 is 0 Å². The minimum Gasteiger partial charge on any atom is -0.245 e. The molecule has 0 amide bonds. The molecule has 2 heterocycles. The van der Waals surface area contributed by atoms with Crippen LogP contribution in [0.3, 0.4) is 0 Å². The normalized spacial score (nSPS) is 11.9. The van der Waals surface area contributed by atoms with Gasteiger partial charge in [-0.2, -0.15) is 10.3 Å². The molecule has 2 aromatic carbocycles. The molecule has 0 bridgehead atoms. The molecule has 30 heavy (non-hydrogen) atoms. The Bertz CT molecular complexity index is 1120. The molecule has 0 fully saturated rings. The molecule has 1 N–H and O–H groups in total. The second-order valence-electron chi connectivity index (χ2n) is 8.83. The lowest BCUT2D eigenvalue weighted by Crippen LogP contribution is -2.20. The van der Waals surface area contributed by atoms with Crippen LogP contribution in [-0.4, -0.2) is 35.4 Å². The van der Waals surface area contributed by atoms with Crippen molar-refractivity contribution in [1.82, 2.24) is 35.4 Å². The van der Waals surface area contributed by atoms with E-state index in [0.29, 0.717) is 18.3 Å². The summed E-state index contributed by atoms with van der Waals surface area (Å²) in [5.74, 6) is 2.80. The molecule has 0 radical (unpaired) electrons. The van der Waals surface area contributed by atoms with Crippen LogP contribution < -0.4 is 0 Å². The number of hydrogen-bond donors (Lipinski definition) is 1. The summed E-state index contributed by atoms with van der Waals surface area (Å²) in [5, 5.41) is 19.2. The Morgan fingerprint density at radius 2 is 1.67 bits per heavy atom. The highest BCUT2D eigenvalue weighted by atomic mass is 15.5. The van der Waals surface area contributed by atoms with Gasteiger partial charge in [0.15, 0.2) is 5.82 Å². The lowest BCUT2D eigenvalue weighted by atomic mass is 9.95. The third-order valence-corrected chi connectivity index (χ3v) is 4.99. The van der Waals surface area contributed by atoms with Crippen LogP contribution in [-0.2, 0) is 12.0 Å². The van der Waals surface area contributed by atoms with Crippen molar-refractivity contribution in [1.29, 1.82) is 0 Å². The first-order valence-electron chi connectivity index (χ1n) is 10.2. The summed E-state index contributed by atoms with van der Waals surface area (Å²) in [5.41, 5.74) is 4.25. The van der Waals surface area contributed by atoms with E-state index >= 15 is 0 Å². The van der Waals surface area contributed by atoms with E-state index in [9.17, 15) is 0 Å². The van der Waals surface area contributed by atoms with Gasteiger partial charge in [-0.1, -0.05) is 83.1 Å². The molecule has 7 heteroatoms. The lowest BCUT2D eigenvalue weighted by Gasteiger charge is -2.18. The van der Waals surface area contributed by atoms with Crippen LogP contribution in [0.15, 0.2) is 48.5 Å². The van der Waals surface area contributed by atoms with Crippen molar-refractivity contribution in [3.63, 3.8) is 0 Å². The first kappa shape index (κ1) is 19.9. The molecule has 2 aromatic heterocycles. The summed E-state index contributed by atoms with van der Waals surface area (Å²) in [6.45, 7) is 11.5. The van der Waals surface area contributed by atoms with Gasteiger partial charge in [-0.15, -0.1) is 10.2 Å². The average molecular weight is 402 g/mol. The van der Waals surface area contributed by atoms with Crippen molar-refractivity contribution in [3.8, 4) is 22.5 Å². The zero-order chi connectivity index (χ0) is 21.3. The van der Waals surface area contributed by atoms with Crippen molar-refractivity contribution in [3.05, 3.63) is 65.7 Å².